The van der Waals surface area contributed by atoms with Crippen molar-refractivity contribution in [1.82, 2.24) is 5.32 Å². The molecular weight excluding hydrogens is 220 g/mol. The van der Waals surface area contributed by atoms with E-state index in [9.17, 15) is 4.79 Å². The van der Waals surface area contributed by atoms with E-state index in [-0.39, 0.29) is 5.91 Å². The number of hydrogen-bond donors (Lipinski definition) is 2. The van der Waals surface area contributed by atoms with E-state index in [4.69, 9.17) is 18.0 Å². The van der Waals surface area contributed by atoms with E-state index in [1.807, 2.05) is 13.8 Å². The quantitative estimate of drug-likeness (QED) is 0.700. The molecule has 1 rings (SSSR count). The van der Waals surface area contributed by atoms with Crippen LogP contribution in [0.25, 0.3) is 0 Å². The number of nitrogens with one attached hydrogen (secondary N) is 1. The first-order chi connectivity index (χ1) is 7.56. The van der Waals surface area contributed by atoms with Crippen LogP contribution in [0.15, 0.2) is 0 Å². The van der Waals surface area contributed by atoms with Crippen LogP contribution in [-0.4, -0.2) is 17.4 Å². The van der Waals surface area contributed by atoms with Crippen molar-refractivity contribution in [2.45, 2.75) is 46.0 Å². The summed E-state index contributed by atoms with van der Waals surface area (Å²) in [4.78, 5) is 12.5. The number of rotatable bonds is 6. The molecule has 0 spiro atoms. The lowest BCUT2D eigenvalue weighted by Crippen LogP contribution is -2.49. The Morgan fingerprint density at radius 1 is 1.44 bits per heavy atom. The number of carbonyl (C=O) groups is 1. The van der Waals surface area contributed by atoms with Gasteiger partial charge in [-0.15, -0.1) is 0 Å². The Bertz CT molecular complexity index is 270. The third-order valence-corrected chi connectivity index (χ3v) is 4.28. The monoisotopic (exact) mass is 242 g/mol. The van der Waals surface area contributed by atoms with Crippen LogP contribution in [-0.2, 0) is 4.79 Å². The highest BCUT2D eigenvalue weighted by molar-refractivity contribution is 7.80. The lowest BCUT2D eigenvalue weighted by molar-refractivity contribution is -0.128. The number of carbonyl (C=O) groups excluding carboxylic acids is 1. The predicted octanol–water partition coefficient (Wildman–Crippen LogP) is 2.00. The third-order valence-electron chi connectivity index (χ3n) is 3.89. The van der Waals surface area contributed by atoms with E-state index in [0.29, 0.717) is 23.7 Å². The Hall–Kier alpha value is -0.640. The average Bonchev–Trinajstić information content (AvgIpc) is 2.17. The molecule has 0 aliphatic heterocycles. The maximum absolute atomic E-state index is 12.1. The number of hydrogen-bond acceptors (Lipinski definition) is 2. The van der Waals surface area contributed by atoms with Crippen LogP contribution in [0.2, 0.25) is 0 Å². The zero-order valence-electron chi connectivity index (χ0n) is 10.2. The Kier molecular flexibility index (Phi) is 4.71. The Morgan fingerprint density at radius 2 is 2.00 bits per heavy atom. The maximum atomic E-state index is 12.1. The summed E-state index contributed by atoms with van der Waals surface area (Å²) in [5.41, 5.74) is 5.08. The fourth-order valence-electron chi connectivity index (χ4n) is 2.13. The highest BCUT2D eigenvalue weighted by Gasteiger charge is 2.38. The van der Waals surface area contributed by atoms with Crippen LogP contribution in [0.1, 0.15) is 46.0 Å². The van der Waals surface area contributed by atoms with Gasteiger partial charge in [0.2, 0.25) is 5.91 Å². The largest absolute Gasteiger partial charge is 0.392 e. The summed E-state index contributed by atoms with van der Waals surface area (Å²) in [6.07, 6.45) is 5.12. The van der Waals surface area contributed by atoms with Gasteiger partial charge in [-0.1, -0.05) is 32.5 Å². The highest BCUT2D eigenvalue weighted by atomic mass is 32.1. The van der Waals surface area contributed by atoms with Gasteiger partial charge in [0.25, 0.3) is 0 Å². The van der Waals surface area contributed by atoms with Crippen LogP contribution in [0.5, 0.6) is 0 Å². The van der Waals surface area contributed by atoms with Gasteiger partial charge in [-0.25, -0.2) is 0 Å². The molecule has 1 fully saturated rings. The molecule has 0 atom stereocenters. The Balaban J connectivity index is 2.55. The molecular formula is C12H22N2OS. The summed E-state index contributed by atoms with van der Waals surface area (Å²) >= 11 is 5.04. The molecule has 3 N–H and O–H groups in total. The van der Waals surface area contributed by atoms with E-state index >= 15 is 0 Å². The van der Waals surface area contributed by atoms with Gasteiger partial charge in [-0.3, -0.25) is 4.79 Å². The van der Waals surface area contributed by atoms with Crippen molar-refractivity contribution in [2.75, 3.05) is 6.54 Å². The van der Waals surface area contributed by atoms with E-state index < -0.39 is 5.41 Å². The second-order valence-corrected chi connectivity index (χ2v) is 5.10. The molecule has 0 unspecified atom stereocenters. The minimum Gasteiger partial charge on any atom is -0.392 e. The van der Waals surface area contributed by atoms with Crippen LogP contribution in [0, 0.1) is 11.3 Å². The molecule has 0 aromatic heterocycles. The van der Waals surface area contributed by atoms with Crippen molar-refractivity contribution in [3.05, 3.63) is 0 Å². The number of amides is 1. The van der Waals surface area contributed by atoms with Crippen molar-refractivity contribution >= 4 is 23.1 Å². The fraction of sp³-hybridized carbons (Fsp3) is 0.833. The van der Waals surface area contributed by atoms with Gasteiger partial charge in [0.15, 0.2) is 0 Å². The molecule has 0 bridgehead atoms. The molecule has 92 valence electrons. The highest BCUT2D eigenvalue weighted by Crippen LogP contribution is 2.29. The van der Waals surface area contributed by atoms with Crippen molar-refractivity contribution in [3.63, 3.8) is 0 Å². The molecule has 3 nitrogen and oxygen atoms in total. The minimum absolute atomic E-state index is 0.0110. The van der Waals surface area contributed by atoms with Gasteiger partial charge >= 0.3 is 0 Å². The zero-order chi connectivity index (χ0) is 12.2. The van der Waals surface area contributed by atoms with Gasteiger partial charge in [0, 0.05) is 6.54 Å². The predicted molar refractivity (Wildman–Crippen MR) is 70.2 cm³/mol. The molecule has 1 aliphatic carbocycles. The molecule has 0 heterocycles. The number of nitrogens with two attached hydrogens (primary N) is 1. The minimum atomic E-state index is -0.640. The molecule has 0 aromatic rings. The average molecular weight is 242 g/mol. The zero-order valence-corrected chi connectivity index (χ0v) is 11.0. The maximum Gasteiger partial charge on any atom is 0.233 e. The Morgan fingerprint density at radius 3 is 2.31 bits per heavy atom. The summed E-state index contributed by atoms with van der Waals surface area (Å²) in [5, 5.41) is 3.00. The standard InChI is InChI=1S/C12H22N2OS/c1-3-12(4-2,10(13)16)11(15)14-8-9-6-5-7-9/h9H,3-8H2,1-2H3,(H2,13,16)(H,14,15). The first-order valence-electron chi connectivity index (χ1n) is 6.15. The molecule has 1 aliphatic rings. The smallest absolute Gasteiger partial charge is 0.233 e. The van der Waals surface area contributed by atoms with Crippen LogP contribution < -0.4 is 11.1 Å². The fourth-order valence-corrected chi connectivity index (χ4v) is 2.52. The second kappa shape index (κ2) is 5.62. The van der Waals surface area contributed by atoms with E-state index in [1.54, 1.807) is 0 Å². The van der Waals surface area contributed by atoms with Gasteiger partial charge in [-0.05, 0) is 31.6 Å². The first kappa shape index (κ1) is 13.4. The van der Waals surface area contributed by atoms with E-state index in [2.05, 4.69) is 5.32 Å². The van der Waals surface area contributed by atoms with Gasteiger partial charge in [0.05, 0.1) is 10.4 Å². The summed E-state index contributed by atoms with van der Waals surface area (Å²) < 4.78 is 0. The molecule has 4 heteroatoms. The molecule has 0 saturated heterocycles. The van der Waals surface area contributed by atoms with Gasteiger partial charge < -0.3 is 11.1 Å². The SMILES string of the molecule is CCC(CC)(C(=O)NCC1CCC1)C(N)=S. The molecule has 16 heavy (non-hydrogen) atoms. The first-order valence-corrected chi connectivity index (χ1v) is 6.55. The third kappa shape index (κ3) is 2.54. The Labute approximate surface area is 103 Å². The van der Waals surface area contributed by atoms with E-state index in [0.717, 1.165) is 6.54 Å². The lowest BCUT2D eigenvalue weighted by atomic mass is 9.80. The molecule has 0 aromatic carbocycles. The van der Waals surface area contributed by atoms with Crippen LogP contribution in [0.3, 0.4) is 0 Å². The lowest BCUT2D eigenvalue weighted by Gasteiger charge is -2.31. The van der Waals surface area contributed by atoms with Gasteiger partial charge in [-0.2, -0.15) is 0 Å². The summed E-state index contributed by atoms with van der Waals surface area (Å²) in [5.74, 6) is 0.679. The second-order valence-electron chi connectivity index (χ2n) is 4.66. The van der Waals surface area contributed by atoms with Crippen molar-refractivity contribution in [1.29, 1.82) is 0 Å². The van der Waals surface area contributed by atoms with Crippen LogP contribution in [0.4, 0.5) is 0 Å². The normalized spacial score (nSPS) is 16.6. The summed E-state index contributed by atoms with van der Waals surface area (Å²) in [6.45, 7) is 4.71. The topological polar surface area (TPSA) is 55.1 Å². The van der Waals surface area contributed by atoms with Crippen LogP contribution >= 0.6 is 12.2 Å². The number of thiocarbonyl (C=S) groups is 1. The molecule has 1 saturated carbocycles. The van der Waals surface area contributed by atoms with Crippen molar-refractivity contribution in [3.8, 4) is 0 Å². The van der Waals surface area contributed by atoms with Crippen molar-refractivity contribution in [2.24, 2.45) is 17.1 Å². The molecule has 0 radical (unpaired) electrons. The molecule has 1 amide bonds. The van der Waals surface area contributed by atoms with Crippen molar-refractivity contribution < 1.29 is 4.79 Å². The summed E-state index contributed by atoms with van der Waals surface area (Å²) in [6, 6.07) is 0. The van der Waals surface area contributed by atoms with Gasteiger partial charge in [0.1, 0.15) is 0 Å². The van der Waals surface area contributed by atoms with E-state index in [1.165, 1.54) is 19.3 Å². The summed E-state index contributed by atoms with van der Waals surface area (Å²) in [7, 11) is 0.